The first-order valence-corrected chi connectivity index (χ1v) is 11.0. The second-order valence-corrected chi connectivity index (χ2v) is 8.13. The highest BCUT2D eigenvalue weighted by Gasteiger charge is 2.32. The number of benzene rings is 2. The number of aromatic amines is 1. The largest absolute Gasteiger partial charge is 0.341 e. The number of nitrogens with one attached hydrogen (secondary N) is 2. The molecule has 0 fully saturated rings. The molecule has 3 aromatic heterocycles. The maximum atomic E-state index is 13.2. The summed E-state index contributed by atoms with van der Waals surface area (Å²) in [6, 6.07) is 19.7. The molecule has 0 saturated heterocycles. The van der Waals surface area contributed by atoms with E-state index in [-0.39, 0.29) is 11.9 Å². The van der Waals surface area contributed by atoms with Crippen LogP contribution < -0.4 is 5.32 Å². The minimum Gasteiger partial charge on any atom is -0.341 e. The van der Waals surface area contributed by atoms with Gasteiger partial charge in [0.25, 0.3) is 5.91 Å². The molecule has 1 aliphatic rings. The van der Waals surface area contributed by atoms with E-state index in [4.69, 9.17) is 4.98 Å². The summed E-state index contributed by atoms with van der Waals surface area (Å²) in [6.07, 6.45) is 6.00. The molecular formula is C27H21N5O. The number of hydrogen-bond donors (Lipinski definition) is 2. The summed E-state index contributed by atoms with van der Waals surface area (Å²) in [5, 5.41) is 3.26. The summed E-state index contributed by atoms with van der Waals surface area (Å²) < 4.78 is 0. The first-order chi connectivity index (χ1) is 16.2. The molecular weight excluding hydrogens is 410 g/mol. The van der Waals surface area contributed by atoms with E-state index >= 15 is 0 Å². The van der Waals surface area contributed by atoms with E-state index in [0.29, 0.717) is 5.56 Å². The first-order valence-electron chi connectivity index (χ1n) is 11.0. The van der Waals surface area contributed by atoms with Crippen molar-refractivity contribution >= 4 is 16.9 Å². The Morgan fingerprint density at radius 3 is 2.73 bits per heavy atom. The number of amides is 1. The molecule has 3 heterocycles. The van der Waals surface area contributed by atoms with Gasteiger partial charge in [-0.05, 0) is 46.9 Å². The maximum Gasteiger partial charge on any atom is 0.252 e. The topological polar surface area (TPSA) is 83.6 Å². The van der Waals surface area contributed by atoms with E-state index in [0.717, 1.165) is 56.8 Å². The summed E-state index contributed by atoms with van der Waals surface area (Å²) in [6.45, 7) is 2.03. The number of imidazole rings is 1. The zero-order valence-corrected chi connectivity index (χ0v) is 18.0. The minimum atomic E-state index is -0.243. The molecule has 0 spiro atoms. The predicted octanol–water partition coefficient (Wildman–Crippen LogP) is 5.08. The lowest BCUT2D eigenvalue weighted by atomic mass is 9.98. The molecule has 1 aliphatic carbocycles. The summed E-state index contributed by atoms with van der Waals surface area (Å²) in [7, 11) is 0. The Labute approximate surface area is 190 Å². The van der Waals surface area contributed by atoms with E-state index < -0.39 is 0 Å². The molecule has 0 aliphatic heterocycles. The van der Waals surface area contributed by atoms with Crippen LogP contribution in [0.1, 0.15) is 40.1 Å². The van der Waals surface area contributed by atoms with Crippen molar-refractivity contribution in [2.24, 2.45) is 0 Å². The predicted molar refractivity (Wildman–Crippen MR) is 128 cm³/mol. The molecule has 33 heavy (non-hydrogen) atoms. The second-order valence-electron chi connectivity index (χ2n) is 8.13. The Balaban J connectivity index is 1.46. The van der Waals surface area contributed by atoms with Crippen molar-refractivity contribution in [2.75, 3.05) is 0 Å². The fraction of sp³-hybridized carbons (Fsp3) is 0.111. The average molecular weight is 431 g/mol. The van der Waals surface area contributed by atoms with Crippen LogP contribution in [0, 0.1) is 0 Å². The van der Waals surface area contributed by atoms with Crippen molar-refractivity contribution in [2.45, 2.75) is 19.4 Å². The number of hydrogen-bond acceptors (Lipinski definition) is 4. The van der Waals surface area contributed by atoms with Crippen LogP contribution in [0.2, 0.25) is 0 Å². The van der Waals surface area contributed by atoms with Gasteiger partial charge >= 0.3 is 0 Å². The minimum absolute atomic E-state index is 0.111. The number of aryl methyl sites for hydroxylation is 1. The monoisotopic (exact) mass is 431 g/mol. The molecule has 0 bridgehead atoms. The van der Waals surface area contributed by atoms with Crippen LogP contribution in [0.5, 0.6) is 0 Å². The summed E-state index contributed by atoms with van der Waals surface area (Å²) >= 11 is 0. The third-order valence-electron chi connectivity index (χ3n) is 6.20. The van der Waals surface area contributed by atoms with E-state index in [1.807, 2.05) is 37.3 Å². The summed E-state index contributed by atoms with van der Waals surface area (Å²) in [5.74, 6) is 0.679. The highest BCUT2D eigenvalue weighted by Crippen LogP contribution is 2.47. The van der Waals surface area contributed by atoms with Gasteiger partial charge in [0.05, 0.1) is 23.3 Å². The van der Waals surface area contributed by atoms with Gasteiger partial charge in [0, 0.05) is 29.2 Å². The normalized spacial score (nSPS) is 14.2. The van der Waals surface area contributed by atoms with Crippen molar-refractivity contribution in [1.29, 1.82) is 0 Å². The smallest absolute Gasteiger partial charge is 0.252 e. The van der Waals surface area contributed by atoms with Gasteiger partial charge in [-0.1, -0.05) is 49.4 Å². The lowest BCUT2D eigenvalue weighted by Gasteiger charge is -2.16. The molecule has 2 aromatic carbocycles. The van der Waals surface area contributed by atoms with Gasteiger partial charge in [0.2, 0.25) is 0 Å². The summed E-state index contributed by atoms with van der Waals surface area (Å²) in [5.41, 5.74) is 8.63. The third-order valence-corrected chi connectivity index (χ3v) is 6.20. The van der Waals surface area contributed by atoms with Crippen molar-refractivity contribution in [3.05, 3.63) is 102 Å². The Bertz CT molecular complexity index is 1490. The SMILES string of the molecule is CCc1cc(C(=O)NC2c3ccccc3-c3c(-c4nc5ccncc5[nH]4)cccc32)ccn1. The van der Waals surface area contributed by atoms with Crippen molar-refractivity contribution in [3.8, 4) is 22.5 Å². The lowest BCUT2D eigenvalue weighted by molar-refractivity contribution is 0.0943. The molecule has 1 amide bonds. The summed E-state index contributed by atoms with van der Waals surface area (Å²) in [4.78, 5) is 29.9. The molecule has 2 N–H and O–H groups in total. The van der Waals surface area contributed by atoms with Crippen molar-refractivity contribution in [1.82, 2.24) is 25.3 Å². The molecule has 6 rings (SSSR count). The first kappa shape index (κ1) is 19.4. The van der Waals surface area contributed by atoms with Crippen LogP contribution in [0.15, 0.2) is 79.3 Å². The molecule has 1 unspecified atom stereocenters. The molecule has 0 saturated carbocycles. The fourth-order valence-corrected chi connectivity index (χ4v) is 4.62. The Kier molecular flexibility index (Phi) is 4.50. The van der Waals surface area contributed by atoms with E-state index in [2.05, 4.69) is 44.5 Å². The standard InChI is InChI=1S/C27H21N5O/c1-2-17-14-16(10-13-29-17)27(33)32-25-19-7-4-3-6-18(19)24-20(25)8-5-9-21(24)26-30-22-11-12-28-15-23(22)31-26/h3-15,25H,2H2,1H3,(H,30,31)(H,32,33). The zero-order chi connectivity index (χ0) is 22.4. The lowest BCUT2D eigenvalue weighted by Crippen LogP contribution is -2.28. The number of rotatable bonds is 4. The number of fused-ring (bicyclic) bond motifs is 4. The van der Waals surface area contributed by atoms with Crippen molar-refractivity contribution in [3.63, 3.8) is 0 Å². The average Bonchev–Trinajstić information content (AvgIpc) is 3.44. The molecule has 0 radical (unpaired) electrons. The van der Waals surface area contributed by atoms with Crippen LogP contribution in [0.4, 0.5) is 0 Å². The molecule has 5 aromatic rings. The molecule has 1 atom stereocenters. The maximum absolute atomic E-state index is 13.2. The zero-order valence-electron chi connectivity index (χ0n) is 18.0. The highest BCUT2D eigenvalue weighted by atomic mass is 16.1. The fourth-order valence-electron chi connectivity index (χ4n) is 4.62. The van der Waals surface area contributed by atoms with Gasteiger partial charge in [0.15, 0.2) is 0 Å². The van der Waals surface area contributed by atoms with Crippen LogP contribution in [0.25, 0.3) is 33.5 Å². The number of carbonyl (C=O) groups excluding carboxylic acids is 1. The number of carbonyl (C=O) groups is 1. The Hall–Kier alpha value is -4.32. The number of pyridine rings is 2. The number of H-pyrrole nitrogens is 1. The van der Waals surface area contributed by atoms with Gasteiger partial charge in [-0.2, -0.15) is 0 Å². The van der Waals surface area contributed by atoms with Gasteiger partial charge in [0.1, 0.15) is 5.82 Å². The molecule has 6 heteroatoms. The highest BCUT2D eigenvalue weighted by molar-refractivity contribution is 5.97. The third kappa shape index (κ3) is 3.19. The Morgan fingerprint density at radius 2 is 1.85 bits per heavy atom. The second kappa shape index (κ2) is 7.67. The van der Waals surface area contributed by atoms with Crippen molar-refractivity contribution < 1.29 is 4.79 Å². The number of aromatic nitrogens is 4. The Morgan fingerprint density at radius 1 is 1.00 bits per heavy atom. The number of nitrogens with zero attached hydrogens (tertiary/aromatic N) is 3. The van der Waals surface area contributed by atoms with Gasteiger partial charge in [-0.25, -0.2) is 4.98 Å². The van der Waals surface area contributed by atoms with Crippen LogP contribution >= 0.6 is 0 Å². The van der Waals surface area contributed by atoms with Gasteiger partial charge in [-0.15, -0.1) is 0 Å². The van der Waals surface area contributed by atoms with E-state index in [1.165, 1.54) is 0 Å². The van der Waals surface area contributed by atoms with Crippen LogP contribution in [0.3, 0.4) is 0 Å². The van der Waals surface area contributed by atoms with Gasteiger partial charge in [-0.3, -0.25) is 14.8 Å². The van der Waals surface area contributed by atoms with Gasteiger partial charge < -0.3 is 10.3 Å². The van der Waals surface area contributed by atoms with Crippen LogP contribution in [-0.2, 0) is 6.42 Å². The molecule has 160 valence electrons. The molecule has 6 nitrogen and oxygen atoms in total. The van der Waals surface area contributed by atoms with E-state index in [9.17, 15) is 4.79 Å². The van der Waals surface area contributed by atoms with Crippen LogP contribution in [-0.4, -0.2) is 25.8 Å². The van der Waals surface area contributed by atoms with E-state index in [1.54, 1.807) is 24.7 Å². The quantitative estimate of drug-likeness (QED) is 0.416.